The molecule has 10 nitrogen and oxygen atoms in total. The Labute approximate surface area is 257 Å². The number of hydrogen-bond acceptors (Lipinski definition) is 7. The molecule has 2 atom stereocenters. The lowest BCUT2D eigenvalue weighted by Gasteiger charge is -2.24. The maximum atomic E-state index is 13.4. The van der Waals surface area contributed by atoms with E-state index >= 15 is 0 Å². The molecule has 2 aromatic carbocycles. The number of carbonyl (C=O) groups is 3. The Bertz CT molecular complexity index is 1350. The van der Waals surface area contributed by atoms with Crippen LogP contribution in [0.2, 0.25) is 0 Å². The normalized spacial score (nSPS) is 14.7. The highest BCUT2D eigenvalue weighted by Gasteiger charge is 2.30. The number of rotatable bonds is 14. The van der Waals surface area contributed by atoms with Crippen LogP contribution in [0.5, 0.6) is 5.75 Å². The van der Waals surface area contributed by atoms with Crippen molar-refractivity contribution < 1.29 is 19.1 Å². The zero-order chi connectivity index (χ0) is 30.8. The highest BCUT2D eigenvalue weighted by Crippen LogP contribution is 2.28. The summed E-state index contributed by atoms with van der Waals surface area (Å²) < 4.78 is 6.94. The number of amides is 3. The number of nitrogens with zero attached hydrogens (tertiary/aromatic N) is 3. The lowest BCUT2D eigenvalue weighted by Crippen LogP contribution is -2.54. The minimum Gasteiger partial charge on any atom is -0.497 e. The summed E-state index contributed by atoms with van der Waals surface area (Å²) in [7, 11) is 1.62. The fourth-order valence-electron chi connectivity index (χ4n) is 4.89. The van der Waals surface area contributed by atoms with Gasteiger partial charge in [-0.2, -0.15) is 5.10 Å². The van der Waals surface area contributed by atoms with Gasteiger partial charge in [0.2, 0.25) is 17.7 Å². The molecule has 1 aliphatic rings. The number of anilines is 1. The quantitative estimate of drug-likeness (QED) is 0.253. The van der Waals surface area contributed by atoms with E-state index in [-0.39, 0.29) is 17.7 Å². The standard InChI is InChI=1S/C32H42N6O4S/c1-32(2,33)31(41)36-28(13-9-12-23-10-5-4-6-11-23)29(39)35-25-20-34-38(21-25)43-22-27(30(40)37-18-7-8-19-37)24-14-16-26(42-3)17-15-24/h4-6,10-11,14-17,20-21,27-28H,7-9,12-13,18-19,22,33H2,1-3H3,(H,35,39)(H,36,41)/t27?,28-/m1/s1. The molecule has 43 heavy (non-hydrogen) atoms. The van der Waals surface area contributed by atoms with Crippen molar-refractivity contribution in [2.24, 2.45) is 5.73 Å². The second kappa shape index (κ2) is 15.1. The first kappa shape index (κ1) is 32.1. The molecule has 3 amide bonds. The van der Waals surface area contributed by atoms with Gasteiger partial charge in [0.15, 0.2) is 0 Å². The molecule has 2 heterocycles. The van der Waals surface area contributed by atoms with Crippen molar-refractivity contribution in [2.75, 3.05) is 31.3 Å². The summed E-state index contributed by atoms with van der Waals surface area (Å²) in [6.45, 7) is 4.77. The molecular weight excluding hydrogens is 564 g/mol. The average molecular weight is 607 g/mol. The Balaban J connectivity index is 1.39. The number of aromatic nitrogens is 2. The third kappa shape index (κ3) is 9.33. The molecule has 4 rings (SSSR count). The zero-order valence-corrected chi connectivity index (χ0v) is 25.9. The summed E-state index contributed by atoms with van der Waals surface area (Å²) >= 11 is 1.39. The van der Waals surface area contributed by atoms with Crippen molar-refractivity contribution >= 4 is 35.4 Å². The van der Waals surface area contributed by atoms with Crippen LogP contribution in [0.3, 0.4) is 0 Å². The molecule has 1 aliphatic heterocycles. The predicted octanol–water partition coefficient (Wildman–Crippen LogP) is 3.98. The minimum atomic E-state index is -1.12. The van der Waals surface area contributed by atoms with Crippen LogP contribution < -0.4 is 21.1 Å². The van der Waals surface area contributed by atoms with Gasteiger partial charge in [-0.15, -0.1) is 0 Å². The van der Waals surface area contributed by atoms with E-state index in [1.807, 2.05) is 59.5 Å². The van der Waals surface area contributed by atoms with Crippen LogP contribution in [0.15, 0.2) is 67.0 Å². The van der Waals surface area contributed by atoms with E-state index in [0.29, 0.717) is 24.3 Å². The maximum absolute atomic E-state index is 13.4. The van der Waals surface area contributed by atoms with Gasteiger partial charge in [-0.3, -0.25) is 14.4 Å². The molecule has 1 unspecified atom stereocenters. The van der Waals surface area contributed by atoms with Crippen molar-refractivity contribution in [1.82, 2.24) is 19.4 Å². The number of nitrogens with one attached hydrogen (secondary N) is 2. The second-order valence-corrected chi connectivity index (χ2v) is 12.4. The van der Waals surface area contributed by atoms with Gasteiger partial charge in [-0.25, -0.2) is 4.09 Å². The molecule has 0 saturated carbocycles. The maximum Gasteiger partial charge on any atom is 0.247 e. The Kier molecular flexibility index (Phi) is 11.2. The van der Waals surface area contributed by atoms with Gasteiger partial charge in [0.1, 0.15) is 11.8 Å². The van der Waals surface area contributed by atoms with Crippen LogP contribution in [0.1, 0.15) is 56.6 Å². The van der Waals surface area contributed by atoms with E-state index in [0.717, 1.165) is 43.7 Å². The third-order valence-electron chi connectivity index (χ3n) is 7.44. The summed E-state index contributed by atoms with van der Waals surface area (Å²) in [4.78, 5) is 41.3. The Morgan fingerprint density at radius 2 is 1.77 bits per heavy atom. The Morgan fingerprint density at radius 1 is 1.07 bits per heavy atom. The van der Waals surface area contributed by atoms with E-state index in [9.17, 15) is 14.4 Å². The molecule has 1 saturated heterocycles. The van der Waals surface area contributed by atoms with Crippen molar-refractivity contribution in [2.45, 2.75) is 63.5 Å². The number of likely N-dealkylation sites (tertiary alicyclic amines) is 1. The van der Waals surface area contributed by atoms with Crippen LogP contribution in [-0.2, 0) is 20.8 Å². The number of carbonyl (C=O) groups excluding carboxylic acids is 3. The van der Waals surface area contributed by atoms with Crippen molar-refractivity contribution in [3.05, 3.63) is 78.1 Å². The molecule has 1 fully saturated rings. The van der Waals surface area contributed by atoms with Crippen molar-refractivity contribution in [1.29, 1.82) is 0 Å². The van der Waals surface area contributed by atoms with Crippen LogP contribution in [0.4, 0.5) is 5.69 Å². The van der Waals surface area contributed by atoms with Crippen molar-refractivity contribution in [3.63, 3.8) is 0 Å². The molecule has 4 N–H and O–H groups in total. The van der Waals surface area contributed by atoms with Gasteiger partial charge in [0.05, 0.1) is 36.6 Å². The van der Waals surface area contributed by atoms with Gasteiger partial charge in [-0.1, -0.05) is 42.5 Å². The molecule has 0 bridgehead atoms. The Hall–Kier alpha value is -3.83. The van der Waals surface area contributed by atoms with Gasteiger partial charge < -0.3 is 26.0 Å². The zero-order valence-electron chi connectivity index (χ0n) is 25.1. The number of benzene rings is 2. The number of hydrogen-bond donors (Lipinski definition) is 3. The molecule has 0 spiro atoms. The average Bonchev–Trinajstić information content (AvgIpc) is 3.70. The van der Waals surface area contributed by atoms with E-state index in [4.69, 9.17) is 10.5 Å². The Morgan fingerprint density at radius 3 is 2.42 bits per heavy atom. The molecular formula is C32H42N6O4S. The summed E-state index contributed by atoms with van der Waals surface area (Å²) in [5.74, 6) is 0.232. The molecule has 0 aliphatic carbocycles. The summed E-state index contributed by atoms with van der Waals surface area (Å²) in [6.07, 6.45) is 7.26. The largest absolute Gasteiger partial charge is 0.497 e. The van der Waals surface area contributed by atoms with Gasteiger partial charge >= 0.3 is 0 Å². The smallest absolute Gasteiger partial charge is 0.247 e. The highest BCUT2D eigenvalue weighted by molar-refractivity contribution is 7.97. The van der Waals surface area contributed by atoms with Gasteiger partial charge in [0.25, 0.3) is 0 Å². The van der Waals surface area contributed by atoms with Crippen LogP contribution in [-0.4, -0.2) is 69.3 Å². The molecule has 230 valence electrons. The molecule has 1 aromatic heterocycles. The van der Waals surface area contributed by atoms with E-state index in [1.165, 1.54) is 17.5 Å². The fraction of sp³-hybridized carbons (Fsp3) is 0.438. The van der Waals surface area contributed by atoms with E-state index in [2.05, 4.69) is 15.7 Å². The van der Waals surface area contributed by atoms with Crippen LogP contribution in [0, 0.1) is 0 Å². The highest BCUT2D eigenvalue weighted by atomic mass is 32.2. The van der Waals surface area contributed by atoms with Crippen molar-refractivity contribution in [3.8, 4) is 5.75 Å². The number of ether oxygens (including phenoxy) is 1. The molecule has 0 radical (unpaired) electrons. The van der Waals surface area contributed by atoms with Crippen LogP contribution in [0.25, 0.3) is 0 Å². The first-order valence-corrected chi connectivity index (χ1v) is 15.6. The number of methoxy groups -OCH3 is 1. The predicted molar refractivity (Wildman–Crippen MR) is 170 cm³/mol. The van der Waals surface area contributed by atoms with E-state index in [1.54, 1.807) is 37.4 Å². The van der Waals surface area contributed by atoms with E-state index < -0.39 is 17.5 Å². The lowest BCUT2D eigenvalue weighted by atomic mass is 9.99. The monoisotopic (exact) mass is 606 g/mol. The summed E-state index contributed by atoms with van der Waals surface area (Å²) in [6, 6.07) is 16.9. The SMILES string of the molecule is COc1ccc(C(CSn2cc(NC(=O)[C@@H](CCCc3ccccc3)NC(=O)C(C)(C)N)cn2)C(=O)N2CCCC2)cc1. The number of aryl methyl sites for hydroxylation is 1. The molecule has 11 heteroatoms. The third-order valence-corrected chi connectivity index (χ3v) is 8.39. The van der Waals surface area contributed by atoms with Crippen LogP contribution >= 0.6 is 11.9 Å². The van der Waals surface area contributed by atoms with Gasteiger partial charge in [0, 0.05) is 18.8 Å². The lowest BCUT2D eigenvalue weighted by molar-refractivity contribution is -0.131. The molecule has 3 aromatic rings. The summed E-state index contributed by atoms with van der Waals surface area (Å²) in [5, 5.41) is 10.1. The number of nitrogens with two attached hydrogens (primary N) is 1. The summed E-state index contributed by atoms with van der Waals surface area (Å²) in [5.41, 5.74) is 7.45. The fourth-order valence-corrected chi connectivity index (χ4v) is 5.83. The second-order valence-electron chi connectivity index (χ2n) is 11.4. The first-order chi connectivity index (χ1) is 20.6. The van der Waals surface area contributed by atoms with Gasteiger partial charge in [-0.05, 0) is 81.2 Å². The first-order valence-electron chi connectivity index (χ1n) is 14.7. The topological polar surface area (TPSA) is 132 Å². The minimum absolute atomic E-state index is 0.104.